The predicted molar refractivity (Wildman–Crippen MR) is 77.8 cm³/mol. The molecule has 0 spiro atoms. The Morgan fingerprint density at radius 3 is 2.58 bits per heavy atom. The van der Waals surface area contributed by atoms with Gasteiger partial charge in [-0.05, 0) is 23.6 Å². The summed E-state index contributed by atoms with van der Waals surface area (Å²) in [6.45, 7) is 2.51. The second-order valence-corrected chi connectivity index (χ2v) is 8.25. The molecule has 0 aliphatic heterocycles. The summed E-state index contributed by atoms with van der Waals surface area (Å²) in [6, 6.07) is 7.05. The Bertz CT molecular complexity index is 616. The summed E-state index contributed by atoms with van der Waals surface area (Å²) in [4.78, 5) is 1.68. The number of aliphatic hydroxyl groups is 1. The maximum Gasteiger partial charge on any atom is 0.252 e. The molecule has 0 fully saturated rings. The molecule has 4 nitrogen and oxygen atoms in total. The largest absolute Gasteiger partial charge is 0.391 e. The second-order valence-electron chi connectivity index (χ2n) is 3.89. The lowest BCUT2D eigenvalue weighted by Gasteiger charge is -2.18. The zero-order chi connectivity index (χ0) is 13.9. The highest BCUT2D eigenvalue weighted by Crippen LogP contribution is 2.26. The number of rotatable bonds is 6. The van der Waals surface area contributed by atoms with Crippen molar-refractivity contribution >= 4 is 32.7 Å². The molecule has 2 aromatic rings. The van der Waals surface area contributed by atoms with E-state index in [1.54, 1.807) is 23.5 Å². The van der Waals surface area contributed by atoms with E-state index in [0.717, 1.165) is 16.2 Å². The minimum absolute atomic E-state index is 0.128. The lowest BCUT2D eigenvalue weighted by molar-refractivity contribution is 0.285. The van der Waals surface area contributed by atoms with Crippen LogP contribution in [0.3, 0.4) is 0 Å². The van der Waals surface area contributed by atoms with E-state index in [4.69, 9.17) is 5.11 Å². The van der Waals surface area contributed by atoms with Crippen molar-refractivity contribution in [3.8, 4) is 0 Å². The molecule has 19 heavy (non-hydrogen) atoms. The van der Waals surface area contributed by atoms with Gasteiger partial charge in [0.1, 0.15) is 4.21 Å². The van der Waals surface area contributed by atoms with E-state index in [-0.39, 0.29) is 10.8 Å². The molecular weight excluding hydrogens is 302 g/mol. The lowest BCUT2D eigenvalue weighted by Crippen LogP contribution is -2.29. The third kappa shape index (κ3) is 3.24. The van der Waals surface area contributed by atoms with Gasteiger partial charge in [0.25, 0.3) is 10.0 Å². The summed E-state index contributed by atoms with van der Waals surface area (Å²) >= 11 is 2.66. The maximum atomic E-state index is 12.5. The summed E-state index contributed by atoms with van der Waals surface area (Å²) in [5.41, 5.74) is 0. The van der Waals surface area contributed by atoms with E-state index < -0.39 is 10.0 Å². The summed E-state index contributed by atoms with van der Waals surface area (Å²) < 4.78 is 26.7. The van der Waals surface area contributed by atoms with Gasteiger partial charge in [0.15, 0.2) is 0 Å². The van der Waals surface area contributed by atoms with E-state index in [0.29, 0.717) is 18.0 Å². The standard InChI is InChI=1S/C12H15NO3S3/c1-2-13(8-10-4-3-7-17-10)19(15,16)12-6-5-11(9-14)18-12/h3-7,14H,2,8-9H2,1H3. The van der Waals surface area contributed by atoms with Gasteiger partial charge in [0.2, 0.25) is 0 Å². The number of thiophene rings is 2. The van der Waals surface area contributed by atoms with Crippen LogP contribution in [0.25, 0.3) is 0 Å². The SMILES string of the molecule is CCN(Cc1cccs1)S(=O)(=O)c1ccc(CO)s1. The van der Waals surface area contributed by atoms with Crippen molar-refractivity contribution in [3.63, 3.8) is 0 Å². The minimum Gasteiger partial charge on any atom is -0.391 e. The first kappa shape index (κ1) is 14.7. The molecule has 0 saturated carbocycles. The third-order valence-corrected chi connectivity index (χ3v) is 6.97. The molecule has 0 atom stereocenters. The van der Waals surface area contributed by atoms with Crippen molar-refractivity contribution in [1.29, 1.82) is 0 Å². The molecule has 0 bridgehead atoms. The summed E-state index contributed by atoms with van der Waals surface area (Å²) in [5, 5.41) is 11.0. The molecule has 0 aliphatic carbocycles. The van der Waals surface area contributed by atoms with E-state index in [2.05, 4.69) is 0 Å². The molecule has 1 N–H and O–H groups in total. The number of hydrogen-bond donors (Lipinski definition) is 1. The van der Waals surface area contributed by atoms with Gasteiger partial charge in [-0.1, -0.05) is 13.0 Å². The van der Waals surface area contributed by atoms with Crippen LogP contribution in [0.5, 0.6) is 0 Å². The van der Waals surface area contributed by atoms with Crippen LogP contribution < -0.4 is 0 Å². The van der Waals surface area contributed by atoms with E-state index in [1.807, 2.05) is 24.4 Å². The van der Waals surface area contributed by atoms with Crippen LogP contribution in [-0.2, 0) is 23.2 Å². The quantitative estimate of drug-likeness (QED) is 0.890. The van der Waals surface area contributed by atoms with Crippen molar-refractivity contribution in [2.75, 3.05) is 6.54 Å². The molecule has 0 radical (unpaired) electrons. The van der Waals surface area contributed by atoms with Crippen LogP contribution in [0.4, 0.5) is 0 Å². The zero-order valence-electron chi connectivity index (χ0n) is 10.4. The van der Waals surface area contributed by atoms with Crippen molar-refractivity contribution in [2.24, 2.45) is 0 Å². The van der Waals surface area contributed by atoms with Crippen LogP contribution in [-0.4, -0.2) is 24.4 Å². The Morgan fingerprint density at radius 2 is 2.05 bits per heavy atom. The highest BCUT2D eigenvalue weighted by atomic mass is 32.2. The number of sulfonamides is 1. The third-order valence-electron chi connectivity index (χ3n) is 2.65. The van der Waals surface area contributed by atoms with Crippen molar-refractivity contribution < 1.29 is 13.5 Å². The molecule has 0 saturated heterocycles. The molecule has 2 rings (SSSR count). The Morgan fingerprint density at radius 1 is 1.26 bits per heavy atom. The van der Waals surface area contributed by atoms with Gasteiger partial charge in [-0.3, -0.25) is 0 Å². The number of hydrogen-bond acceptors (Lipinski definition) is 5. The van der Waals surface area contributed by atoms with Gasteiger partial charge in [0, 0.05) is 22.8 Å². The summed E-state index contributed by atoms with van der Waals surface area (Å²) in [5.74, 6) is 0. The highest BCUT2D eigenvalue weighted by molar-refractivity contribution is 7.91. The zero-order valence-corrected chi connectivity index (χ0v) is 12.9. The van der Waals surface area contributed by atoms with Crippen LogP contribution in [0, 0.1) is 0 Å². The van der Waals surface area contributed by atoms with Gasteiger partial charge in [-0.25, -0.2) is 8.42 Å². The van der Waals surface area contributed by atoms with Gasteiger partial charge >= 0.3 is 0 Å². The second kappa shape index (κ2) is 6.15. The number of nitrogens with zero attached hydrogens (tertiary/aromatic N) is 1. The summed E-state index contributed by atoms with van der Waals surface area (Å²) in [6.07, 6.45) is 0. The van der Waals surface area contributed by atoms with Crippen molar-refractivity contribution in [1.82, 2.24) is 4.31 Å². The molecular formula is C12H15NO3S3. The van der Waals surface area contributed by atoms with Crippen LogP contribution in [0.1, 0.15) is 16.7 Å². The van der Waals surface area contributed by atoms with Crippen LogP contribution in [0.15, 0.2) is 33.9 Å². The molecule has 0 unspecified atom stereocenters. The predicted octanol–water partition coefficient (Wildman–Crippen LogP) is 2.51. The smallest absolute Gasteiger partial charge is 0.252 e. The summed E-state index contributed by atoms with van der Waals surface area (Å²) in [7, 11) is -3.47. The lowest BCUT2D eigenvalue weighted by atomic mass is 10.4. The Balaban J connectivity index is 2.25. The minimum atomic E-state index is -3.47. The van der Waals surface area contributed by atoms with Gasteiger partial charge < -0.3 is 5.11 Å². The van der Waals surface area contributed by atoms with Gasteiger partial charge in [-0.15, -0.1) is 22.7 Å². The topological polar surface area (TPSA) is 57.6 Å². The van der Waals surface area contributed by atoms with Crippen molar-refractivity contribution in [3.05, 3.63) is 39.4 Å². The van der Waals surface area contributed by atoms with E-state index in [1.165, 1.54) is 4.31 Å². The fraction of sp³-hybridized carbons (Fsp3) is 0.333. The van der Waals surface area contributed by atoms with Gasteiger partial charge in [0.05, 0.1) is 6.61 Å². The fourth-order valence-corrected chi connectivity index (χ4v) is 5.25. The average molecular weight is 317 g/mol. The van der Waals surface area contributed by atoms with Gasteiger partial charge in [-0.2, -0.15) is 4.31 Å². The monoisotopic (exact) mass is 317 g/mol. The first-order chi connectivity index (χ1) is 9.07. The Hall–Kier alpha value is -0.730. The van der Waals surface area contributed by atoms with Crippen molar-refractivity contribution in [2.45, 2.75) is 24.3 Å². The molecule has 2 aromatic heterocycles. The first-order valence-corrected chi connectivity index (χ1v) is 8.93. The average Bonchev–Trinajstić information content (AvgIpc) is 3.06. The molecule has 0 amide bonds. The van der Waals surface area contributed by atoms with E-state index >= 15 is 0 Å². The molecule has 2 heterocycles. The van der Waals surface area contributed by atoms with Crippen LogP contribution >= 0.6 is 22.7 Å². The molecule has 0 aliphatic rings. The Kier molecular flexibility index (Phi) is 4.75. The molecule has 7 heteroatoms. The Labute approximate surface area is 121 Å². The highest BCUT2D eigenvalue weighted by Gasteiger charge is 2.25. The molecule has 0 aromatic carbocycles. The number of aliphatic hydroxyl groups excluding tert-OH is 1. The first-order valence-electron chi connectivity index (χ1n) is 5.80. The normalized spacial score (nSPS) is 12.2. The van der Waals surface area contributed by atoms with E-state index in [9.17, 15) is 8.42 Å². The molecule has 104 valence electrons. The van der Waals surface area contributed by atoms with Crippen LogP contribution in [0.2, 0.25) is 0 Å². The maximum absolute atomic E-state index is 12.5. The fourth-order valence-electron chi connectivity index (χ4n) is 1.65.